The number of rotatable bonds is 5. The van der Waals surface area contributed by atoms with Crippen LogP contribution < -0.4 is 4.74 Å². The van der Waals surface area contributed by atoms with Gasteiger partial charge in [-0.2, -0.15) is 0 Å². The standard InChI is InChI=1S/C17H20O2/c1-3-13-9-5-7-11-16(13)19-17-12-8-6-10-14(17)15(18)4-2/h5-12,15,18H,3-4H2,1-2H3/t15-/m0/s1. The lowest BCUT2D eigenvalue weighted by Gasteiger charge is -2.16. The van der Waals surface area contributed by atoms with E-state index in [1.54, 1.807) is 0 Å². The molecule has 1 atom stereocenters. The molecule has 19 heavy (non-hydrogen) atoms. The molecule has 2 aromatic rings. The van der Waals surface area contributed by atoms with E-state index in [2.05, 4.69) is 13.0 Å². The third-order valence-electron chi connectivity index (χ3n) is 3.24. The van der Waals surface area contributed by atoms with E-state index in [1.165, 1.54) is 5.56 Å². The van der Waals surface area contributed by atoms with Crippen molar-refractivity contribution in [2.75, 3.05) is 0 Å². The monoisotopic (exact) mass is 256 g/mol. The first-order valence-electron chi connectivity index (χ1n) is 6.79. The van der Waals surface area contributed by atoms with Crippen LogP contribution in [0.25, 0.3) is 0 Å². The quantitative estimate of drug-likeness (QED) is 0.854. The van der Waals surface area contributed by atoms with E-state index in [0.717, 1.165) is 23.5 Å². The summed E-state index contributed by atoms with van der Waals surface area (Å²) in [6.45, 7) is 4.07. The third kappa shape index (κ3) is 3.15. The largest absolute Gasteiger partial charge is 0.457 e. The van der Waals surface area contributed by atoms with Crippen LogP contribution in [0.4, 0.5) is 0 Å². The van der Waals surface area contributed by atoms with Gasteiger partial charge in [0.05, 0.1) is 6.10 Å². The summed E-state index contributed by atoms with van der Waals surface area (Å²) in [5.41, 5.74) is 2.01. The van der Waals surface area contributed by atoms with Crippen LogP contribution in [-0.2, 0) is 6.42 Å². The normalized spacial score (nSPS) is 12.2. The molecule has 0 bridgehead atoms. The summed E-state index contributed by atoms with van der Waals surface area (Å²) in [5, 5.41) is 10.0. The minimum absolute atomic E-state index is 0.481. The highest BCUT2D eigenvalue weighted by atomic mass is 16.5. The molecule has 2 nitrogen and oxygen atoms in total. The number of hydrogen-bond donors (Lipinski definition) is 1. The van der Waals surface area contributed by atoms with Crippen molar-refractivity contribution >= 4 is 0 Å². The average Bonchev–Trinajstić information content (AvgIpc) is 2.47. The molecule has 2 heteroatoms. The Morgan fingerprint density at radius 3 is 2.26 bits per heavy atom. The van der Waals surface area contributed by atoms with Crippen molar-refractivity contribution in [3.63, 3.8) is 0 Å². The van der Waals surface area contributed by atoms with Crippen LogP contribution in [0.5, 0.6) is 11.5 Å². The number of para-hydroxylation sites is 2. The molecule has 0 saturated heterocycles. The van der Waals surface area contributed by atoms with E-state index >= 15 is 0 Å². The lowest BCUT2D eigenvalue weighted by molar-refractivity contribution is 0.170. The fourth-order valence-corrected chi connectivity index (χ4v) is 2.08. The first-order valence-corrected chi connectivity index (χ1v) is 6.79. The van der Waals surface area contributed by atoms with Crippen LogP contribution in [0.15, 0.2) is 48.5 Å². The second-order valence-corrected chi connectivity index (χ2v) is 4.53. The Hall–Kier alpha value is -1.80. The van der Waals surface area contributed by atoms with Gasteiger partial charge >= 0.3 is 0 Å². The highest BCUT2D eigenvalue weighted by molar-refractivity contribution is 5.42. The predicted molar refractivity (Wildman–Crippen MR) is 77.6 cm³/mol. The van der Waals surface area contributed by atoms with Crippen molar-refractivity contribution < 1.29 is 9.84 Å². The summed E-state index contributed by atoms with van der Waals surface area (Å²) in [6.07, 6.45) is 1.12. The van der Waals surface area contributed by atoms with Crippen LogP contribution in [0.3, 0.4) is 0 Å². The molecule has 0 aromatic heterocycles. The lowest BCUT2D eigenvalue weighted by atomic mass is 10.1. The maximum atomic E-state index is 10.0. The number of aliphatic hydroxyl groups excluding tert-OH is 1. The van der Waals surface area contributed by atoms with Crippen LogP contribution in [-0.4, -0.2) is 5.11 Å². The second kappa shape index (κ2) is 6.39. The Balaban J connectivity index is 2.33. The van der Waals surface area contributed by atoms with Crippen molar-refractivity contribution in [2.24, 2.45) is 0 Å². The lowest BCUT2D eigenvalue weighted by Crippen LogP contribution is -1.99. The van der Waals surface area contributed by atoms with Gasteiger partial charge in [0, 0.05) is 5.56 Å². The number of aliphatic hydroxyl groups is 1. The summed E-state index contributed by atoms with van der Waals surface area (Å²) in [7, 11) is 0. The molecule has 0 aliphatic carbocycles. The molecule has 0 aliphatic rings. The zero-order chi connectivity index (χ0) is 13.7. The van der Waals surface area contributed by atoms with Crippen LogP contribution >= 0.6 is 0 Å². The Morgan fingerprint density at radius 2 is 1.58 bits per heavy atom. The molecule has 1 N–H and O–H groups in total. The Kier molecular flexibility index (Phi) is 4.58. The maximum Gasteiger partial charge on any atom is 0.133 e. The van der Waals surface area contributed by atoms with E-state index in [9.17, 15) is 5.11 Å². The molecule has 0 heterocycles. The summed E-state index contributed by atoms with van der Waals surface area (Å²) >= 11 is 0. The van der Waals surface area contributed by atoms with E-state index in [4.69, 9.17) is 4.74 Å². The van der Waals surface area contributed by atoms with Crippen LogP contribution in [0.1, 0.15) is 37.5 Å². The molecule has 0 amide bonds. The van der Waals surface area contributed by atoms with Gasteiger partial charge in [-0.3, -0.25) is 0 Å². The van der Waals surface area contributed by atoms with Gasteiger partial charge in [0.25, 0.3) is 0 Å². The first-order chi connectivity index (χ1) is 9.26. The SMILES string of the molecule is CCc1ccccc1Oc1ccccc1[C@@H](O)CC. The molecular formula is C17H20O2. The zero-order valence-electron chi connectivity index (χ0n) is 11.5. The third-order valence-corrected chi connectivity index (χ3v) is 3.24. The van der Waals surface area contributed by atoms with E-state index in [-0.39, 0.29) is 0 Å². The minimum atomic E-state index is -0.481. The molecule has 0 unspecified atom stereocenters. The minimum Gasteiger partial charge on any atom is -0.457 e. The fourth-order valence-electron chi connectivity index (χ4n) is 2.08. The average molecular weight is 256 g/mol. The van der Waals surface area contributed by atoms with Crippen molar-refractivity contribution in [3.05, 3.63) is 59.7 Å². The molecule has 0 fully saturated rings. The number of hydrogen-bond acceptors (Lipinski definition) is 2. The van der Waals surface area contributed by atoms with Crippen molar-refractivity contribution in [1.29, 1.82) is 0 Å². The van der Waals surface area contributed by atoms with Crippen LogP contribution in [0, 0.1) is 0 Å². The van der Waals surface area contributed by atoms with Gasteiger partial charge in [-0.15, -0.1) is 0 Å². The summed E-state index contributed by atoms with van der Waals surface area (Å²) < 4.78 is 5.99. The van der Waals surface area contributed by atoms with E-state index < -0.39 is 6.10 Å². The van der Waals surface area contributed by atoms with Gasteiger partial charge in [0.15, 0.2) is 0 Å². The zero-order valence-corrected chi connectivity index (χ0v) is 11.5. The molecule has 0 spiro atoms. The first kappa shape index (κ1) is 13.6. The Bertz CT molecular complexity index is 534. The van der Waals surface area contributed by atoms with Gasteiger partial charge in [-0.05, 0) is 30.5 Å². The molecule has 0 radical (unpaired) electrons. The summed E-state index contributed by atoms with van der Waals surface area (Å²) in [4.78, 5) is 0. The molecule has 0 saturated carbocycles. The smallest absolute Gasteiger partial charge is 0.133 e. The Morgan fingerprint density at radius 1 is 0.947 bits per heavy atom. The predicted octanol–water partition coefficient (Wildman–Crippen LogP) is 4.48. The van der Waals surface area contributed by atoms with E-state index in [1.807, 2.05) is 49.4 Å². The highest BCUT2D eigenvalue weighted by Crippen LogP contribution is 2.32. The second-order valence-electron chi connectivity index (χ2n) is 4.53. The number of benzene rings is 2. The number of ether oxygens (including phenoxy) is 1. The molecule has 2 rings (SSSR count). The summed E-state index contributed by atoms with van der Waals surface area (Å²) in [6, 6.07) is 15.7. The van der Waals surface area contributed by atoms with Gasteiger partial charge in [0.1, 0.15) is 11.5 Å². The maximum absolute atomic E-state index is 10.0. The fraction of sp³-hybridized carbons (Fsp3) is 0.294. The van der Waals surface area contributed by atoms with Crippen LogP contribution in [0.2, 0.25) is 0 Å². The van der Waals surface area contributed by atoms with Crippen molar-refractivity contribution in [3.8, 4) is 11.5 Å². The molecule has 100 valence electrons. The van der Waals surface area contributed by atoms with Gasteiger partial charge in [0.2, 0.25) is 0 Å². The van der Waals surface area contributed by atoms with Crippen molar-refractivity contribution in [1.82, 2.24) is 0 Å². The van der Waals surface area contributed by atoms with Gasteiger partial charge < -0.3 is 9.84 Å². The van der Waals surface area contributed by atoms with E-state index in [0.29, 0.717) is 6.42 Å². The topological polar surface area (TPSA) is 29.5 Å². The van der Waals surface area contributed by atoms with Gasteiger partial charge in [-0.1, -0.05) is 50.2 Å². The molecule has 2 aromatic carbocycles. The summed E-state index contributed by atoms with van der Waals surface area (Å²) in [5.74, 6) is 1.60. The van der Waals surface area contributed by atoms with Gasteiger partial charge in [-0.25, -0.2) is 0 Å². The molecule has 0 aliphatic heterocycles. The Labute approximate surface area is 114 Å². The molecular weight excluding hydrogens is 236 g/mol. The highest BCUT2D eigenvalue weighted by Gasteiger charge is 2.12. The van der Waals surface area contributed by atoms with Crippen molar-refractivity contribution in [2.45, 2.75) is 32.8 Å². The number of aryl methyl sites for hydroxylation is 1.